The summed E-state index contributed by atoms with van der Waals surface area (Å²) < 4.78 is 5.79. The van der Waals surface area contributed by atoms with Gasteiger partial charge in [0.05, 0.1) is 12.8 Å². The first-order valence-corrected chi connectivity index (χ1v) is 9.07. The van der Waals surface area contributed by atoms with Crippen LogP contribution in [0.25, 0.3) is 6.08 Å². The summed E-state index contributed by atoms with van der Waals surface area (Å²) >= 11 is 3.27. The van der Waals surface area contributed by atoms with Crippen LogP contribution in [0.3, 0.4) is 0 Å². The maximum absolute atomic E-state index is 12.1. The Bertz CT molecular complexity index is 811. The molecule has 0 bridgehead atoms. The van der Waals surface area contributed by atoms with Crippen LogP contribution in [0.5, 0.6) is 5.75 Å². The van der Waals surface area contributed by atoms with Gasteiger partial charge in [-0.05, 0) is 71.1 Å². The van der Waals surface area contributed by atoms with Gasteiger partial charge in [0.1, 0.15) is 22.0 Å². The molecule has 2 rings (SSSR count). The number of halogens is 1. The number of hydrogen-bond acceptors (Lipinski definition) is 4. The summed E-state index contributed by atoms with van der Waals surface area (Å²) in [5.41, 5.74) is 1.84. The molecule has 5 nitrogen and oxygen atoms in total. The molecule has 134 valence electrons. The van der Waals surface area contributed by atoms with Gasteiger partial charge in [-0.25, -0.2) is 4.98 Å². The molecule has 2 aromatic rings. The summed E-state index contributed by atoms with van der Waals surface area (Å²) in [7, 11) is 1.65. The number of pyridine rings is 1. The minimum atomic E-state index is -0.376. The Morgan fingerprint density at radius 1 is 1.27 bits per heavy atom. The van der Waals surface area contributed by atoms with Gasteiger partial charge in [0.15, 0.2) is 0 Å². The van der Waals surface area contributed by atoms with Crippen molar-refractivity contribution in [2.24, 2.45) is 0 Å². The molecule has 0 spiro atoms. The van der Waals surface area contributed by atoms with E-state index in [2.05, 4.69) is 26.2 Å². The van der Waals surface area contributed by atoms with Gasteiger partial charge in [-0.15, -0.1) is 0 Å². The number of nitrogens with one attached hydrogen (secondary N) is 1. The lowest BCUT2D eigenvalue weighted by Crippen LogP contribution is -2.25. The number of nitrogens with zero attached hydrogens (tertiary/aromatic N) is 2. The lowest BCUT2D eigenvalue weighted by molar-refractivity contribution is -0.117. The number of carbonyl (C=O) groups is 1. The largest absolute Gasteiger partial charge is 0.497 e. The maximum atomic E-state index is 12.1. The molecule has 0 aliphatic rings. The highest BCUT2D eigenvalue weighted by molar-refractivity contribution is 9.10. The molecule has 0 aliphatic carbocycles. The average molecular weight is 414 g/mol. The Labute approximate surface area is 161 Å². The van der Waals surface area contributed by atoms with Crippen molar-refractivity contribution in [1.82, 2.24) is 10.3 Å². The zero-order chi connectivity index (χ0) is 18.8. The fourth-order valence-electron chi connectivity index (χ4n) is 2.34. The van der Waals surface area contributed by atoms with Crippen LogP contribution in [-0.2, 0) is 11.2 Å². The number of ether oxygens (including phenoxy) is 1. The molecule has 0 unspecified atom stereocenters. The van der Waals surface area contributed by atoms with Gasteiger partial charge >= 0.3 is 0 Å². The number of rotatable bonds is 8. The Morgan fingerprint density at radius 3 is 2.69 bits per heavy atom. The first kappa shape index (κ1) is 19.7. The van der Waals surface area contributed by atoms with E-state index in [0.717, 1.165) is 25.0 Å². The van der Waals surface area contributed by atoms with Gasteiger partial charge in [0.25, 0.3) is 5.91 Å². The monoisotopic (exact) mass is 413 g/mol. The molecule has 0 fully saturated rings. The van der Waals surface area contributed by atoms with Crippen LogP contribution < -0.4 is 10.1 Å². The van der Waals surface area contributed by atoms with Gasteiger partial charge in [0, 0.05) is 6.54 Å². The molecular weight excluding hydrogens is 394 g/mol. The molecule has 1 aromatic carbocycles. The third kappa shape index (κ3) is 6.34. The third-order valence-corrected chi connectivity index (χ3v) is 4.17. The average Bonchev–Trinajstić information content (AvgIpc) is 2.66. The summed E-state index contributed by atoms with van der Waals surface area (Å²) in [4.78, 5) is 16.3. The zero-order valence-corrected chi connectivity index (χ0v) is 16.1. The van der Waals surface area contributed by atoms with E-state index in [1.807, 2.05) is 30.3 Å². The number of amides is 1. The van der Waals surface area contributed by atoms with Crippen molar-refractivity contribution in [2.75, 3.05) is 13.7 Å². The number of methoxy groups -OCH3 is 1. The minimum Gasteiger partial charge on any atom is -0.497 e. The van der Waals surface area contributed by atoms with Crippen LogP contribution in [0, 0.1) is 11.3 Å². The molecule has 1 heterocycles. The van der Waals surface area contributed by atoms with Crippen LogP contribution in [0.2, 0.25) is 0 Å². The molecular formula is C20H20BrN3O2. The van der Waals surface area contributed by atoms with Crippen molar-refractivity contribution in [3.8, 4) is 11.8 Å². The highest BCUT2D eigenvalue weighted by Crippen LogP contribution is 2.13. The molecule has 1 aromatic heterocycles. The van der Waals surface area contributed by atoms with Crippen molar-refractivity contribution in [2.45, 2.75) is 19.3 Å². The highest BCUT2D eigenvalue weighted by atomic mass is 79.9. The number of unbranched alkanes of at least 4 members (excludes halogenated alkanes) is 1. The van der Waals surface area contributed by atoms with Gasteiger partial charge < -0.3 is 10.1 Å². The molecule has 0 aliphatic heterocycles. The summed E-state index contributed by atoms with van der Waals surface area (Å²) in [5, 5.41) is 12.0. The SMILES string of the molecule is COc1ccc(CCCCNC(=O)/C(C#N)=C\c2cccc(Br)n2)cc1. The van der Waals surface area contributed by atoms with E-state index in [1.165, 1.54) is 11.6 Å². The molecule has 0 atom stereocenters. The van der Waals surface area contributed by atoms with Crippen LogP contribution in [0.4, 0.5) is 0 Å². The number of carbonyl (C=O) groups excluding carboxylic acids is 1. The normalized spacial score (nSPS) is 10.9. The Balaban J connectivity index is 1.77. The predicted molar refractivity (Wildman–Crippen MR) is 104 cm³/mol. The molecule has 26 heavy (non-hydrogen) atoms. The second-order valence-electron chi connectivity index (χ2n) is 5.62. The number of aryl methyl sites for hydroxylation is 1. The Kier molecular flexibility index (Phi) is 7.84. The lowest BCUT2D eigenvalue weighted by Gasteiger charge is -2.05. The summed E-state index contributed by atoms with van der Waals surface area (Å²) in [6.45, 7) is 0.528. The predicted octanol–water partition coefficient (Wildman–Crippen LogP) is 3.90. The standard InChI is InChI=1S/C20H20BrN3O2/c1-26-18-10-8-15(9-11-18)5-2-3-12-23-20(25)16(14-22)13-17-6-4-7-19(21)24-17/h4,6-11,13H,2-3,5,12H2,1H3,(H,23,25)/b16-13-. The smallest absolute Gasteiger partial charge is 0.262 e. The van der Waals surface area contributed by atoms with E-state index < -0.39 is 0 Å². The van der Waals surface area contributed by atoms with E-state index in [9.17, 15) is 10.1 Å². The van der Waals surface area contributed by atoms with Crippen molar-refractivity contribution in [3.05, 3.63) is 63.9 Å². The second kappa shape index (κ2) is 10.4. The van der Waals surface area contributed by atoms with Crippen LogP contribution in [0.1, 0.15) is 24.1 Å². The van der Waals surface area contributed by atoms with E-state index >= 15 is 0 Å². The fourth-order valence-corrected chi connectivity index (χ4v) is 2.70. The minimum absolute atomic E-state index is 0.0470. The van der Waals surface area contributed by atoms with E-state index in [4.69, 9.17) is 4.74 Å². The van der Waals surface area contributed by atoms with Crippen molar-refractivity contribution < 1.29 is 9.53 Å². The molecule has 0 saturated carbocycles. The van der Waals surface area contributed by atoms with Gasteiger partial charge in [0.2, 0.25) is 0 Å². The van der Waals surface area contributed by atoms with Gasteiger partial charge in [-0.1, -0.05) is 18.2 Å². The van der Waals surface area contributed by atoms with E-state index in [-0.39, 0.29) is 11.5 Å². The highest BCUT2D eigenvalue weighted by Gasteiger charge is 2.08. The summed E-state index contributed by atoms with van der Waals surface area (Å²) in [6, 6.07) is 15.2. The molecule has 0 radical (unpaired) electrons. The van der Waals surface area contributed by atoms with Gasteiger partial charge in [-0.3, -0.25) is 4.79 Å². The summed E-state index contributed by atoms with van der Waals surface area (Å²) in [5.74, 6) is 0.468. The molecule has 6 heteroatoms. The quantitative estimate of drug-likeness (QED) is 0.308. The molecule has 0 saturated heterocycles. The molecule has 1 amide bonds. The Hall–Kier alpha value is -2.65. The van der Waals surface area contributed by atoms with E-state index in [1.54, 1.807) is 25.3 Å². The topological polar surface area (TPSA) is 75.0 Å². The number of benzene rings is 1. The van der Waals surface area contributed by atoms with Crippen molar-refractivity contribution in [1.29, 1.82) is 5.26 Å². The van der Waals surface area contributed by atoms with Crippen molar-refractivity contribution in [3.63, 3.8) is 0 Å². The first-order valence-electron chi connectivity index (χ1n) is 8.28. The summed E-state index contributed by atoms with van der Waals surface area (Å²) in [6.07, 6.45) is 4.21. The number of hydrogen-bond donors (Lipinski definition) is 1. The third-order valence-electron chi connectivity index (χ3n) is 3.73. The fraction of sp³-hybridized carbons (Fsp3) is 0.250. The zero-order valence-electron chi connectivity index (χ0n) is 14.5. The van der Waals surface area contributed by atoms with Crippen LogP contribution >= 0.6 is 15.9 Å². The lowest BCUT2D eigenvalue weighted by atomic mass is 10.1. The Morgan fingerprint density at radius 2 is 2.04 bits per heavy atom. The second-order valence-corrected chi connectivity index (χ2v) is 6.43. The van der Waals surface area contributed by atoms with Gasteiger partial charge in [-0.2, -0.15) is 5.26 Å². The van der Waals surface area contributed by atoms with Crippen LogP contribution in [-0.4, -0.2) is 24.5 Å². The van der Waals surface area contributed by atoms with Crippen molar-refractivity contribution >= 4 is 27.9 Å². The van der Waals surface area contributed by atoms with E-state index in [0.29, 0.717) is 16.8 Å². The van der Waals surface area contributed by atoms with Crippen LogP contribution in [0.15, 0.2) is 52.6 Å². The number of nitriles is 1. The molecule has 1 N–H and O–H groups in total. The first-order chi connectivity index (χ1) is 12.6. The maximum Gasteiger partial charge on any atom is 0.262 e. The number of aromatic nitrogens is 1.